The molecular weight excluding hydrogens is 263 g/mol. The second-order valence-corrected chi connectivity index (χ2v) is 5.52. The molecule has 1 aromatic carbocycles. The number of hydrogen-bond donors (Lipinski definition) is 1. The first-order chi connectivity index (χ1) is 10.1. The first kappa shape index (κ1) is 15.6. The second-order valence-electron chi connectivity index (χ2n) is 5.52. The van der Waals surface area contributed by atoms with E-state index in [-0.39, 0.29) is 11.9 Å². The molecule has 0 aliphatic carbocycles. The molecule has 3 heteroatoms. The molecule has 0 spiro atoms. The Labute approximate surface area is 126 Å². The average Bonchev–Trinajstić information content (AvgIpc) is 2.46. The highest BCUT2D eigenvalue weighted by atomic mass is 19.1. The maximum Gasteiger partial charge on any atom is 0.126 e. The maximum atomic E-state index is 13.9. The zero-order chi connectivity index (χ0) is 15.2. The number of aryl methyl sites for hydroxylation is 2. The number of nitrogens with zero attached hydrogens (tertiary/aromatic N) is 1. The third-order valence-corrected chi connectivity index (χ3v) is 3.61. The van der Waals surface area contributed by atoms with Crippen LogP contribution >= 0.6 is 0 Å². The van der Waals surface area contributed by atoms with E-state index in [0.717, 1.165) is 35.3 Å². The molecule has 2 nitrogen and oxygen atoms in total. The Morgan fingerprint density at radius 2 is 2.00 bits per heavy atom. The Hall–Kier alpha value is -1.74. The van der Waals surface area contributed by atoms with Crippen molar-refractivity contribution in [1.29, 1.82) is 0 Å². The fraction of sp³-hybridized carbons (Fsp3) is 0.389. The van der Waals surface area contributed by atoms with Gasteiger partial charge in [-0.3, -0.25) is 4.98 Å². The molecule has 0 amide bonds. The van der Waals surface area contributed by atoms with Crippen LogP contribution in [0.25, 0.3) is 0 Å². The van der Waals surface area contributed by atoms with Crippen molar-refractivity contribution >= 4 is 0 Å². The number of nitrogens with one attached hydrogen (secondary N) is 1. The Bertz CT molecular complexity index is 596. The van der Waals surface area contributed by atoms with Crippen molar-refractivity contribution < 1.29 is 4.39 Å². The summed E-state index contributed by atoms with van der Waals surface area (Å²) in [7, 11) is 0. The molecule has 21 heavy (non-hydrogen) atoms. The van der Waals surface area contributed by atoms with E-state index in [9.17, 15) is 4.39 Å². The molecule has 0 fully saturated rings. The van der Waals surface area contributed by atoms with Crippen LogP contribution in [0.4, 0.5) is 4.39 Å². The Kier molecular flexibility index (Phi) is 5.45. The molecule has 0 saturated carbocycles. The van der Waals surface area contributed by atoms with Crippen LogP contribution in [0.5, 0.6) is 0 Å². The van der Waals surface area contributed by atoms with Gasteiger partial charge in [-0.25, -0.2) is 4.39 Å². The highest BCUT2D eigenvalue weighted by Crippen LogP contribution is 2.22. The minimum absolute atomic E-state index is 0.0439. The summed E-state index contributed by atoms with van der Waals surface area (Å²) in [6.45, 7) is 7.13. The van der Waals surface area contributed by atoms with Gasteiger partial charge in [0.25, 0.3) is 0 Å². The maximum absolute atomic E-state index is 13.9. The lowest BCUT2D eigenvalue weighted by atomic mass is 9.98. The summed E-state index contributed by atoms with van der Waals surface area (Å²) in [6.07, 6.45) is 3.53. The zero-order valence-electron chi connectivity index (χ0n) is 13.0. The van der Waals surface area contributed by atoms with Crippen molar-refractivity contribution in [3.05, 3.63) is 64.7 Å². The number of halogens is 1. The first-order valence-electron chi connectivity index (χ1n) is 7.51. The Morgan fingerprint density at radius 1 is 1.24 bits per heavy atom. The molecule has 2 aromatic rings. The van der Waals surface area contributed by atoms with E-state index in [1.54, 1.807) is 6.07 Å². The van der Waals surface area contributed by atoms with Crippen molar-refractivity contribution in [3.8, 4) is 0 Å². The highest BCUT2D eigenvalue weighted by Gasteiger charge is 2.17. The predicted molar refractivity (Wildman–Crippen MR) is 84.8 cm³/mol. The van der Waals surface area contributed by atoms with Crippen LogP contribution in [0.2, 0.25) is 0 Å². The largest absolute Gasteiger partial charge is 0.308 e. The summed E-state index contributed by atoms with van der Waals surface area (Å²) in [5.74, 6) is -0.148. The number of rotatable bonds is 6. The van der Waals surface area contributed by atoms with Crippen molar-refractivity contribution in [1.82, 2.24) is 10.3 Å². The lowest BCUT2D eigenvalue weighted by molar-refractivity contribution is 0.501. The number of pyridine rings is 1. The van der Waals surface area contributed by atoms with Crippen molar-refractivity contribution in [2.75, 3.05) is 6.54 Å². The number of hydrogen-bond acceptors (Lipinski definition) is 2. The van der Waals surface area contributed by atoms with E-state index in [0.29, 0.717) is 6.42 Å². The molecule has 0 radical (unpaired) electrons. The summed E-state index contributed by atoms with van der Waals surface area (Å²) in [5, 5.41) is 3.49. The smallest absolute Gasteiger partial charge is 0.126 e. The van der Waals surface area contributed by atoms with E-state index in [1.807, 2.05) is 25.3 Å². The van der Waals surface area contributed by atoms with Crippen molar-refractivity contribution in [2.45, 2.75) is 39.7 Å². The molecule has 0 aliphatic rings. The van der Waals surface area contributed by atoms with Gasteiger partial charge in [0.05, 0.1) is 11.7 Å². The summed E-state index contributed by atoms with van der Waals surface area (Å²) in [4.78, 5) is 4.57. The molecule has 1 aromatic heterocycles. The lowest BCUT2D eigenvalue weighted by Gasteiger charge is -2.20. The van der Waals surface area contributed by atoms with Gasteiger partial charge in [-0.15, -0.1) is 0 Å². The summed E-state index contributed by atoms with van der Waals surface area (Å²) in [6, 6.07) is 9.14. The molecule has 0 aliphatic heterocycles. The van der Waals surface area contributed by atoms with Gasteiger partial charge in [-0.05, 0) is 56.0 Å². The lowest BCUT2D eigenvalue weighted by Crippen LogP contribution is -2.26. The van der Waals surface area contributed by atoms with Crippen molar-refractivity contribution in [2.24, 2.45) is 0 Å². The van der Waals surface area contributed by atoms with Crippen LogP contribution < -0.4 is 5.32 Å². The standard InChI is InChI=1S/C18H23FN2/c1-4-9-20-17(11-15-7-5-6-8-16(15)19)18-14(3)10-13(2)12-21-18/h5-8,10,12,17,20H,4,9,11H2,1-3H3. The van der Waals surface area contributed by atoms with Gasteiger partial charge in [0.15, 0.2) is 0 Å². The van der Waals surface area contributed by atoms with E-state index in [1.165, 1.54) is 6.07 Å². The zero-order valence-corrected chi connectivity index (χ0v) is 13.0. The van der Waals surface area contributed by atoms with E-state index < -0.39 is 0 Å². The van der Waals surface area contributed by atoms with Crippen LogP contribution in [-0.4, -0.2) is 11.5 Å². The van der Waals surface area contributed by atoms with Gasteiger partial charge in [0.1, 0.15) is 5.82 Å². The summed E-state index contributed by atoms with van der Waals surface area (Å²) < 4.78 is 13.9. The van der Waals surface area contributed by atoms with Crippen LogP contribution in [-0.2, 0) is 6.42 Å². The van der Waals surface area contributed by atoms with Gasteiger partial charge in [0.2, 0.25) is 0 Å². The third kappa shape index (κ3) is 4.11. The molecule has 0 bridgehead atoms. The second kappa shape index (κ2) is 7.32. The SMILES string of the molecule is CCCNC(Cc1ccccc1F)c1ncc(C)cc1C. The quantitative estimate of drug-likeness (QED) is 0.864. The molecular formula is C18H23FN2. The molecule has 1 N–H and O–H groups in total. The Balaban J connectivity index is 2.27. The van der Waals surface area contributed by atoms with E-state index in [2.05, 4.69) is 30.2 Å². The monoisotopic (exact) mass is 286 g/mol. The van der Waals surface area contributed by atoms with Crippen LogP contribution in [0.3, 0.4) is 0 Å². The molecule has 2 rings (SSSR count). The van der Waals surface area contributed by atoms with Gasteiger partial charge < -0.3 is 5.32 Å². The van der Waals surface area contributed by atoms with Crippen LogP contribution in [0.15, 0.2) is 36.5 Å². The van der Waals surface area contributed by atoms with Crippen LogP contribution in [0.1, 0.15) is 41.8 Å². The van der Waals surface area contributed by atoms with Gasteiger partial charge >= 0.3 is 0 Å². The molecule has 0 saturated heterocycles. The predicted octanol–water partition coefficient (Wildman–Crippen LogP) is 4.12. The fourth-order valence-corrected chi connectivity index (χ4v) is 2.56. The molecule has 1 atom stereocenters. The number of aromatic nitrogens is 1. The summed E-state index contributed by atoms with van der Waals surface area (Å²) >= 11 is 0. The molecule has 1 heterocycles. The minimum Gasteiger partial charge on any atom is -0.308 e. The molecule has 1 unspecified atom stereocenters. The van der Waals surface area contributed by atoms with E-state index in [4.69, 9.17) is 0 Å². The average molecular weight is 286 g/mol. The molecule has 112 valence electrons. The van der Waals surface area contributed by atoms with Gasteiger partial charge in [-0.2, -0.15) is 0 Å². The normalized spacial score (nSPS) is 12.4. The number of benzene rings is 1. The first-order valence-corrected chi connectivity index (χ1v) is 7.51. The van der Waals surface area contributed by atoms with E-state index >= 15 is 0 Å². The topological polar surface area (TPSA) is 24.9 Å². The van der Waals surface area contributed by atoms with Gasteiger partial charge in [-0.1, -0.05) is 31.2 Å². The highest BCUT2D eigenvalue weighted by molar-refractivity contribution is 5.28. The van der Waals surface area contributed by atoms with Gasteiger partial charge in [0, 0.05) is 6.20 Å². The minimum atomic E-state index is -0.148. The third-order valence-electron chi connectivity index (χ3n) is 3.61. The summed E-state index contributed by atoms with van der Waals surface area (Å²) in [5.41, 5.74) is 4.04. The van der Waals surface area contributed by atoms with Crippen LogP contribution in [0, 0.1) is 19.7 Å². The Morgan fingerprint density at radius 3 is 2.67 bits per heavy atom. The fourth-order valence-electron chi connectivity index (χ4n) is 2.56. The van der Waals surface area contributed by atoms with Crippen molar-refractivity contribution in [3.63, 3.8) is 0 Å².